The molecule has 0 aliphatic rings. The maximum absolute atomic E-state index is 12.4. The molecule has 2 aromatic carbocycles. The van der Waals surface area contributed by atoms with Crippen molar-refractivity contribution in [3.05, 3.63) is 90.5 Å². The Labute approximate surface area is 161 Å². The molecule has 0 aliphatic carbocycles. The quantitative estimate of drug-likeness (QED) is 0.563. The second kappa shape index (κ2) is 7.71. The number of nitrogens with one attached hydrogen (secondary N) is 1. The Morgan fingerprint density at radius 3 is 2.36 bits per heavy atom. The number of hydrogen-bond acceptors (Lipinski definition) is 5. The minimum absolute atomic E-state index is 0.100. The van der Waals surface area contributed by atoms with Gasteiger partial charge in [0.2, 0.25) is 0 Å². The molecule has 2 aromatic heterocycles. The van der Waals surface area contributed by atoms with Gasteiger partial charge in [-0.2, -0.15) is 5.10 Å². The molecule has 0 unspecified atom stereocenters. The fraction of sp³-hybridized carbons (Fsp3) is 0.0476. The highest BCUT2D eigenvalue weighted by molar-refractivity contribution is 5.96. The van der Waals surface area contributed by atoms with E-state index in [0.29, 0.717) is 0 Å². The molecule has 2 heterocycles. The molecule has 0 bridgehead atoms. The van der Waals surface area contributed by atoms with Crippen LogP contribution in [0.15, 0.2) is 79.3 Å². The van der Waals surface area contributed by atoms with Crippen LogP contribution in [0.5, 0.6) is 0 Å². The number of carbonyl (C=O) groups is 1. The van der Waals surface area contributed by atoms with Gasteiger partial charge in [0, 0.05) is 36.3 Å². The summed E-state index contributed by atoms with van der Waals surface area (Å²) in [4.78, 5) is 20.3. The summed E-state index contributed by atoms with van der Waals surface area (Å²) in [5, 5.41) is 7.59. The number of rotatable bonds is 5. The van der Waals surface area contributed by atoms with E-state index in [0.717, 1.165) is 22.5 Å². The first-order valence-electron chi connectivity index (χ1n) is 8.76. The Balaban J connectivity index is 1.64. The number of amides is 1. The molecule has 4 rings (SSSR count). The van der Waals surface area contributed by atoms with Gasteiger partial charge in [0.15, 0.2) is 11.5 Å². The molecule has 0 saturated carbocycles. The van der Waals surface area contributed by atoms with Crippen molar-refractivity contribution >= 4 is 11.7 Å². The standard InChI is InChI=1S/C21H18N6O/c22-20-19(23-11-12-24-20)21(28)25-13-16-14-27(17-9-5-2-6-10-17)26-18(16)15-7-3-1-4-8-15/h1-12,14H,13H2,(H2,22,24)(H,25,28). The van der Waals surface area contributed by atoms with Crippen LogP contribution in [0.25, 0.3) is 16.9 Å². The average Bonchev–Trinajstić information content (AvgIpc) is 3.18. The molecule has 138 valence electrons. The topological polar surface area (TPSA) is 98.7 Å². The zero-order valence-electron chi connectivity index (χ0n) is 15.0. The molecule has 0 saturated heterocycles. The van der Waals surface area contributed by atoms with Crippen LogP contribution in [0.1, 0.15) is 16.1 Å². The Kier molecular flexibility index (Phi) is 4.79. The van der Waals surface area contributed by atoms with Crippen LogP contribution in [-0.4, -0.2) is 25.7 Å². The molecule has 4 aromatic rings. The lowest BCUT2D eigenvalue weighted by molar-refractivity contribution is 0.0946. The molecule has 0 fully saturated rings. The largest absolute Gasteiger partial charge is 0.382 e. The lowest BCUT2D eigenvalue weighted by Crippen LogP contribution is -2.25. The Hall–Kier alpha value is -4.00. The molecule has 0 aliphatic heterocycles. The van der Waals surface area contributed by atoms with E-state index in [9.17, 15) is 4.79 Å². The third kappa shape index (κ3) is 3.59. The maximum atomic E-state index is 12.4. The fourth-order valence-electron chi connectivity index (χ4n) is 2.87. The van der Waals surface area contributed by atoms with Gasteiger partial charge in [0.1, 0.15) is 0 Å². The van der Waals surface area contributed by atoms with Crippen molar-refractivity contribution in [3.63, 3.8) is 0 Å². The minimum atomic E-state index is -0.378. The van der Waals surface area contributed by atoms with Gasteiger partial charge in [0.25, 0.3) is 5.91 Å². The third-order valence-electron chi connectivity index (χ3n) is 4.24. The number of aromatic nitrogens is 4. The van der Waals surface area contributed by atoms with Gasteiger partial charge in [-0.3, -0.25) is 4.79 Å². The van der Waals surface area contributed by atoms with E-state index < -0.39 is 0 Å². The van der Waals surface area contributed by atoms with Crippen LogP contribution in [0, 0.1) is 0 Å². The number of nitrogens with two attached hydrogens (primary N) is 1. The van der Waals surface area contributed by atoms with Crippen molar-refractivity contribution in [1.82, 2.24) is 25.1 Å². The zero-order valence-corrected chi connectivity index (χ0v) is 15.0. The first-order chi connectivity index (χ1) is 13.7. The van der Waals surface area contributed by atoms with E-state index in [2.05, 4.69) is 15.3 Å². The number of hydrogen-bond donors (Lipinski definition) is 2. The van der Waals surface area contributed by atoms with Gasteiger partial charge >= 0.3 is 0 Å². The van der Waals surface area contributed by atoms with Gasteiger partial charge in [0.05, 0.1) is 11.4 Å². The Morgan fingerprint density at radius 1 is 0.964 bits per heavy atom. The summed E-state index contributed by atoms with van der Waals surface area (Å²) in [6.45, 7) is 0.284. The van der Waals surface area contributed by atoms with Gasteiger partial charge < -0.3 is 11.1 Å². The predicted octanol–water partition coefficient (Wildman–Crippen LogP) is 2.84. The monoisotopic (exact) mass is 370 g/mol. The number of anilines is 1. The summed E-state index contributed by atoms with van der Waals surface area (Å²) in [6.07, 6.45) is 4.80. The van der Waals surface area contributed by atoms with Crippen molar-refractivity contribution in [2.24, 2.45) is 0 Å². The number of benzene rings is 2. The van der Waals surface area contributed by atoms with Crippen molar-refractivity contribution in [2.45, 2.75) is 6.54 Å². The third-order valence-corrected chi connectivity index (χ3v) is 4.24. The van der Waals surface area contributed by atoms with E-state index >= 15 is 0 Å². The van der Waals surface area contributed by atoms with Crippen molar-refractivity contribution in [2.75, 3.05) is 5.73 Å². The summed E-state index contributed by atoms with van der Waals surface area (Å²) in [6, 6.07) is 19.7. The zero-order chi connectivity index (χ0) is 19.3. The average molecular weight is 370 g/mol. The van der Waals surface area contributed by atoms with Crippen LogP contribution in [-0.2, 0) is 6.54 Å². The molecule has 28 heavy (non-hydrogen) atoms. The number of para-hydroxylation sites is 1. The van der Waals surface area contributed by atoms with Gasteiger partial charge in [-0.05, 0) is 12.1 Å². The van der Waals surface area contributed by atoms with E-state index in [4.69, 9.17) is 10.8 Å². The van der Waals surface area contributed by atoms with Gasteiger partial charge in [-0.15, -0.1) is 0 Å². The predicted molar refractivity (Wildman–Crippen MR) is 107 cm³/mol. The lowest BCUT2D eigenvalue weighted by Gasteiger charge is -2.06. The van der Waals surface area contributed by atoms with Crippen LogP contribution < -0.4 is 11.1 Å². The smallest absolute Gasteiger partial charge is 0.273 e. The second-order valence-electron chi connectivity index (χ2n) is 6.12. The first kappa shape index (κ1) is 17.4. The van der Waals surface area contributed by atoms with E-state index in [-0.39, 0.29) is 24.0 Å². The molecular weight excluding hydrogens is 352 g/mol. The van der Waals surface area contributed by atoms with Crippen LogP contribution >= 0.6 is 0 Å². The van der Waals surface area contributed by atoms with Crippen molar-refractivity contribution in [1.29, 1.82) is 0 Å². The summed E-state index contributed by atoms with van der Waals surface area (Å²) in [5.74, 6) is -0.277. The lowest BCUT2D eigenvalue weighted by atomic mass is 10.1. The molecule has 7 nitrogen and oxygen atoms in total. The molecule has 3 N–H and O–H groups in total. The molecular formula is C21H18N6O. The van der Waals surface area contributed by atoms with Crippen LogP contribution in [0.3, 0.4) is 0 Å². The van der Waals surface area contributed by atoms with Gasteiger partial charge in [-0.25, -0.2) is 14.6 Å². The molecule has 1 amide bonds. The van der Waals surface area contributed by atoms with E-state index in [1.165, 1.54) is 12.4 Å². The molecule has 7 heteroatoms. The summed E-state index contributed by atoms with van der Waals surface area (Å²) in [7, 11) is 0. The second-order valence-corrected chi connectivity index (χ2v) is 6.12. The number of nitrogen functional groups attached to an aromatic ring is 1. The Morgan fingerprint density at radius 2 is 1.64 bits per heavy atom. The van der Waals surface area contributed by atoms with Crippen LogP contribution in [0.2, 0.25) is 0 Å². The highest BCUT2D eigenvalue weighted by Crippen LogP contribution is 2.23. The Bertz CT molecular complexity index is 1090. The molecule has 0 radical (unpaired) electrons. The summed E-state index contributed by atoms with van der Waals surface area (Å²) in [5.41, 5.74) is 9.45. The molecule has 0 spiro atoms. The normalized spacial score (nSPS) is 10.6. The molecule has 0 atom stereocenters. The highest BCUT2D eigenvalue weighted by Gasteiger charge is 2.16. The van der Waals surface area contributed by atoms with E-state index in [1.807, 2.05) is 66.9 Å². The summed E-state index contributed by atoms with van der Waals surface area (Å²) >= 11 is 0. The SMILES string of the molecule is Nc1nccnc1C(=O)NCc1cn(-c2ccccc2)nc1-c1ccccc1. The van der Waals surface area contributed by atoms with Crippen LogP contribution in [0.4, 0.5) is 5.82 Å². The summed E-state index contributed by atoms with van der Waals surface area (Å²) < 4.78 is 1.81. The first-order valence-corrected chi connectivity index (χ1v) is 8.76. The highest BCUT2D eigenvalue weighted by atomic mass is 16.1. The van der Waals surface area contributed by atoms with Crippen molar-refractivity contribution in [3.8, 4) is 16.9 Å². The number of carbonyl (C=O) groups excluding carboxylic acids is 1. The van der Waals surface area contributed by atoms with E-state index in [1.54, 1.807) is 4.68 Å². The number of nitrogens with zero attached hydrogens (tertiary/aromatic N) is 4. The van der Waals surface area contributed by atoms with Gasteiger partial charge in [-0.1, -0.05) is 48.5 Å². The minimum Gasteiger partial charge on any atom is -0.382 e. The fourth-order valence-corrected chi connectivity index (χ4v) is 2.87. The maximum Gasteiger partial charge on any atom is 0.273 e. The van der Waals surface area contributed by atoms with Crippen molar-refractivity contribution < 1.29 is 4.79 Å².